The Hall–Kier alpha value is -4.04. The van der Waals surface area contributed by atoms with E-state index in [4.69, 9.17) is 9.47 Å². The Morgan fingerprint density at radius 2 is 1.67 bits per heavy atom. The van der Waals surface area contributed by atoms with Gasteiger partial charge < -0.3 is 14.2 Å². The number of nitrogens with zero attached hydrogens (tertiary/aromatic N) is 1. The average Bonchev–Trinajstić information content (AvgIpc) is 2.98. The fraction of sp³-hybridized carbons (Fsp3) is 0.324. The SMILES string of the molecule is COC(=O)Cc1cccc(OCCCN(Cc2cccc(OC(F)(F)F)c2)CC(C2=CCCC=C2)c2ccccc2)c1. The van der Waals surface area contributed by atoms with Gasteiger partial charge in [-0.25, -0.2) is 0 Å². The highest BCUT2D eigenvalue weighted by Gasteiger charge is 2.31. The molecule has 42 heavy (non-hydrogen) atoms. The molecule has 4 rings (SSSR count). The summed E-state index contributed by atoms with van der Waals surface area (Å²) < 4.78 is 53.5. The fourth-order valence-corrected chi connectivity index (χ4v) is 5.04. The highest BCUT2D eigenvalue weighted by molar-refractivity contribution is 5.72. The third-order valence-corrected chi connectivity index (χ3v) is 6.97. The van der Waals surface area contributed by atoms with Crippen LogP contribution in [0.25, 0.3) is 0 Å². The minimum Gasteiger partial charge on any atom is -0.494 e. The molecule has 1 atom stereocenters. The molecule has 1 aliphatic rings. The van der Waals surface area contributed by atoms with Crippen LogP contribution in [0.2, 0.25) is 0 Å². The second-order valence-electron chi connectivity index (χ2n) is 10.2. The predicted molar refractivity (Wildman–Crippen MR) is 156 cm³/mol. The number of benzene rings is 3. The zero-order valence-electron chi connectivity index (χ0n) is 23.7. The summed E-state index contributed by atoms with van der Waals surface area (Å²) in [6.07, 6.45) is 4.76. The van der Waals surface area contributed by atoms with Crippen molar-refractivity contribution in [3.8, 4) is 11.5 Å². The third kappa shape index (κ3) is 10.1. The molecule has 0 amide bonds. The normalized spacial score (nSPS) is 13.9. The van der Waals surface area contributed by atoms with Crippen LogP contribution in [0.4, 0.5) is 13.2 Å². The number of methoxy groups -OCH3 is 1. The van der Waals surface area contributed by atoms with Crippen molar-refractivity contribution in [2.45, 2.75) is 44.5 Å². The maximum atomic E-state index is 12.9. The molecule has 0 fully saturated rings. The molecule has 222 valence electrons. The van der Waals surface area contributed by atoms with Crippen molar-refractivity contribution in [3.05, 3.63) is 119 Å². The molecule has 1 unspecified atom stereocenters. The number of hydrogen-bond acceptors (Lipinski definition) is 5. The maximum absolute atomic E-state index is 12.9. The second kappa shape index (κ2) is 15.3. The summed E-state index contributed by atoms with van der Waals surface area (Å²) in [5.41, 5.74) is 3.97. The molecule has 0 heterocycles. The predicted octanol–water partition coefficient (Wildman–Crippen LogP) is 7.63. The van der Waals surface area contributed by atoms with Crippen LogP contribution in [-0.2, 0) is 22.5 Å². The molecule has 1 aliphatic carbocycles. The van der Waals surface area contributed by atoms with Crippen LogP contribution >= 0.6 is 0 Å². The van der Waals surface area contributed by atoms with Gasteiger partial charge in [0.2, 0.25) is 0 Å². The van der Waals surface area contributed by atoms with Crippen molar-refractivity contribution in [1.82, 2.24) is 4.90 Å². The maximum Gasteiger partial charge on any atom is 0.573 e. The second-order valence-corrected chi connectivity index (χ2v) is 10.2. The number of alkyl halides is 3. The first-order valence-corrected chi connectivity index (χ1v) is 14.1. The van der Waals surface area contributed by atoms with E-state index in [2.05, 4.69) is 40.0 Å². The van der Waals surface area contributed by atoms with Crippen LogP contribution in [0, 0.1) is 0 Å². The number of allylic oxidation sites excluding steroid dienone is 3. The van der Waals surface area contributed by atoms with Gasteiger partial charge in [-0.2, -0.15) is 0 Å². The number of halogens is 3. The molecular formula is C34H36F3NO4. The van der Waals surface area contributed by atoms with Crippen LogP contribution < -0.4 is 9.47 Å². The van der Waals surface area contributed by atoms with Crippen molar-refractivity contribution in [1.29, 1.82) is 0 Å². The number of carbonyl (C=O) groups excluding carboxylic acids is 1. The first kappa shape index (κ1) is 30.9. The van der Waals surface area contributed by atoms with Gasteiger partial charge in [0.05, 0.1) is 20.1 Å². The van der Waals surface area contributed by atoms with E-state index in [9.17, 15) is 18.0 Å². The van der Waals surface area contributed by atoms with Gasteiger partial charge in [-0.3, -0.25) is 9.69 Å². The summed E-state index contributed by atoms with van der Waals surface area (Å²) in [6, 6.07) is 23.8. The van der Waals surface area contributed by atoms with E-state index in [0.717, 1.165) is 24.0 Å². The Labute approximate surface area is 245 Å². The highest BCUT2D eigenvalue weighted by atomic mass is 19.4. The minimum atomic E-state index is -4.75. The zero-order valence-corrected chi connectivity index (χ0v) is 23.7. The van der Waals surface area contributed by atoms with Crippen molar-refractivity contribution in [2.75, 3.05) is 26.8 Å². The molecule has 0 aromatic heterocycles. The number of rotatable bonds is 14. The Morgan fingerprint density at radius 3 is 2.38 bits per heavy atom. The van der Waals surface area contributed by atoms with Crippen LogP contribution in [-0.4, -0.2) is 44.0 Å². The van der Waals surface area contributed by atoms with Gasteiger partial charge in [-0.05, 0) is 65.8 Å². The molecule has 5 nitrogen and oxygen atoms in total. The van der Waals surface area contributed by atoms with E-state index < -0.39 is 6.36 Å². The van der Waals surface area contributed by atoms with Crippen molar-refractivity contribution < 1.29 is 32.2 Å². The molecular weight excluding hydrogens is 543 g/mol. The number of esters is 1. The van der Waals surface area contributed by atoms with E-state index in [0.29, 0.717) is 38.4 Å². The van der Waals surface area contributed by atoms with E-state index in [-0.39, 0.29) is 24.1 Å². The average molecular weight is 580 g/mol. The molecule has 0 spiro atoms. The highest BCUT2D eigenvalue weighted by Crippen LogP contribution is 2.30. The van der Waals surface area contributed by atoms with E-state index in [1.165, 1.54) is 30.4 Å². The van der Waals surface area contributed by atoms with Crippen molar-refractivity contribution in [2.24, 2.45) is 0 Å². The Balaban J connectivity index is 1.48. The lowest BCUT2D eigenvalue weighted by atomic mass is 9.87. The smallest absolute Gasteiger partial charge is 0.494 e. The lowest BCUT2D eigenvalue weighted by molar-refractivity contribution is -0.274. The fourth-order valence-electron chi connectivity index (χ4n) is 5.04. The van der Waals surface area contributed by atoms with Gasteiger partial charge in [0.1, 0.15) is 11.5 Å². The summed E-state index contributed by atoms with van der Waals surface area (Å²) in [5.74, 6) is 0.226. The van der Waals surface area contributed by atoms with Crippen LogP contribution in [0.15, 0.2) is 103 Å². The third-order valence-electron chi connectivity index (χ3n) is 6.97. The van der Waals surface area contributed by atoms with Gasteiger partial charge in [-0.1, -0.05) is 72.8 Å². The lowest BCUT2D eigenvalue weighted by Crippen LogP contribution is -2.31. The van der Waals surface area contributed by atoms with E-state index in [1.807, 2.05) is 48.5 Å². The standard InChI is InChI=1S/C34H36F3NO4/c1-40-33(39)23-26-11-8-17-30(21-26)41-20-10-19-38(24-27-12-9-18-31(22-27)42-34(35,36)37)25-32(28-13-4-2-5-14-28)29-15-6-3-7-16-29/h2,4-6,8-9,11-18,21-22,32H,3,7,10,19-20,23-25H2,1H3. The monoisotopic (exact) mass is 579 g/mol. The van der Waals surface area contributed by atoms with Gasteiger partial charge in [0.25, 0.3) is 0 Å². The number of hydrogen-bond donors (Lipinski definition) is 0. The topological polar surface area (TPSA) is 48.0 Å². The minimum absolute atomic E-state index is 0.105. The van der Waals surface area contributed by atoms with Crippen molar-refractivity contribution >= 4 is 5.97 Å². The Bertz CT molecular complexity index is 1350. The first-order chi connectivity index (χ1) is 20.3. The molecule has 0 bridgehead atoms. The van der Waals surface area contributed by atoms with Crippen LogP contribution in [0.3, 0.4) is 0 Å². The summed E-state index contributed by atoms with van der Waals surface area (Å²) >= 11 is 0. The summed E-state index contributed by atoms with van der Waals surface area (Å²) in [7, 11) is 1.36. The van der Waals surface area contributed by atoms with Gasteiger partial charge >= 0.3 is 12.3 Å². The quantitative estimate of drug-likeness (QED) is 0.145. The summed E-state index contributed by atoms with van der Waals surface area (Å²) in [4.78, 5) is 13.9. The van der Waals surface area contributed by atoms with Crippen LogP contribution in [0.1, 0.15) is 41.9 Å². The van der Waals surface area contributed by atoms with Gasteiger partial charge in [0.15, 0.2) is 0 Å². The summed E-state index contributed by atoms with van der Waals surface area (Å²) in [6.45, 7) is 2.23. The molecule has 0 saturated carbocycles. The Morgan fingerprint density at radius 1 is 0.929 bits per heavy atom. The summed E-state index contributed by atoms with van der Waals surface area (Å²) in [5, 5.41) is 0. The molecule has 0 saturated heterocycles. The number of ether oxygens (including phenoxy) is 3. The van der Waals surface area contributed by atoms with E-state index >= 15 is 0 Å². The molecule has 0 N–H and O–H groups in total. The number of carbonyl (C=O) groups is 1. The lowest BCUT2D eigenvalue weighted by Gasteiger charge is -2.30. The Kier molecular flexibility index (Phi) is 11.2. The molecule has 0 aliphatic heterocycles. The molecule has 8 heteroatoms. The zero-order chi connectivity index (χ0) is 29.8. The van der Waals surface area contributed by atoms with Crippen LogP contribution in [0.5, 0.6) is 11.5 Å². The molecule has 3 aromatic carbocycles. The molecule has 0 radical (unpaired) electrons. The first-order valence-electron chi connectivity index (χ1n) is 14.1. The van der Waals surface area contributed by atoms with E-state index in [1.54, 1.807) is 6.07 Å². The molecule has 3 aromatic rings. The van der Waals surface area contributed by atoms with Gasteiger partial charge in [0, 0.05) is 25.6 Å². The van der Waals surface area contributed by atoms with Gasteiger partial charge in [-0.15, -0.1) is 13.2 Å². The van der Waals surface area contributed by atoms with Crippen molar-refractivity contribution in [3.63, 3.8) is 0 Å². The largest absolute Gasteiger partial charge is 0.573 e.